The molecule has 1 heterocycles. The van der Waals surface area contributed by atoms with Crippen LogP contribution in [0.2, 0.25) is 0 Å². The zero-order valence-corrected chi connectivity index (χ0v) is 11.1. The summed E-state index contributed by atoms with van der Waals surface area (Å²) in [6.07, 6.45) is 0.310. The third-order valence-corrected chi connectivity index (χ3v) is 3.45. The first-order valence-electron chi connectivity index (χ1n) is 5.67. The molecule has 1 aromatic heterocycles. The minimum absolute atomic E-state index is 0.0924. The lowest BCUT2D eigenvalue weighted by Crippen LogP contribution is -2.32. The Hall–Kier alpha value is -2.02. The van der Waals surface area contributed by atoms with Crippen molar-refractivity contribution in [1.29, 1.82) is 0 Å². The molecule has 2 rings (SSSR count). The second kappa shape index (κ2) is 6.24. The van der Waals surface area contributed by atoms with Crippen LogP contribution in [0.25, 0.3) is 0 Å². The molecule has 0 unspecified atom stereocenters. The predicted octanol–water partition coefficient (Wildman–Crippen LogP) is 0.694. The summed E-state index contributed by atoms with van der Waals surface area (Å²) in [5.41, 5.74) is 0.762. The number of para-hydroxylation sites is 1. The number of benzene rings is 1. The fourth-order valence-corrected chi connectivity index (χ4v) is 2.30. The van der Waals surface area contributed by atoms with Crippen LogP contribution in [0.3, 0.4) is 0 Å². The van der Waals surface area contributed by atoms with Gasteiger partial charge in [-0.2, -0.15) is 0 Å². The van der Waals surface area contributed by atoms with Crippen LogP contribution in [0.1, 0.15) is 6.42 Å². The predicted molar refractivity (Wildman–Crippen MR) is 67.5 cm³/mol. The molecule has 6 nitrogen and oxygen atoms in total. The van der Waals surface area contributed by atoms with Crippen LogP contribution in [-0.4, -0.2) is 16.9 Å². The zero-order valence-electron chi connectivity index (χ0n) is 10.3. The highest BCUT2D eigenvalue weighted by molar-refractivity contribution is 7.99. The lowest BCUT2D eigenvalue weighted by atomic mass is 10.3. The number of carbonyl (C=O) groups is 1. The van der Waals surface area contributed by atoms with Gasteiger partial charge in [-0.05, 0) is 12.1 Å². The molecular weight excluding hydrogens is 266 g/mol. The summed E-state index contributed by atoms with van der Waals surface area (Å²) in [7, 11) is 1.62. The van der Waals surface area contributed by atoms with Gasteiger partial charge in [-0.1, -0.05) is 34.6 Å². The molecule has 1 N–H and O–H groups in total. The molecule has 0 aliphatic rings. The molecule has 0 atom stereocenters. The number of nitrogens with one attached hydrogen (secondary N) is 1. The zero-order chi connectivity index (χ0) is 13.7. The summed E-state index contributed by atoms with van der Waals surface area (Å²) in [4.78, 5) is 11.7. The molecule has 0 bridgehead atoms. The highest BCUT2D eigenvalue weighted by atomic mass is 32.2. The van der Waals surface area contributed by atoms with Gasteiger partial charge in [0, 0.05) is 17.9 Å². The summed E-state index contributed by atoms with van der Waals surface area (Å²) in [5.74, 6) is -0.0793. The van der Waals surface area contributed by atoms with E-state index in [0.717, 1.165) is 5.69 Å². The SMILES string of the molecule is C[n+]1noc([O-])c1SCCC(=O)Nc1ccccc1. The van der Waals surface area contributed by atoms with Gasteiger partial charge < -0.3 is 14.9 Å². The maximum atomic E-state index is 11.7. The summed E-state index contributed by atoms with van der Waals surface area (Å²) in [6.45, 7) is 0. The summed E-state index contributed by atoms with van der Waals surface area (Å²) >= 11 is 1.25. The lowest BCUT2D eigenvalue weighted by molar-refractivity contribution is -0.772. The van der Waals surface area contributed by atoms with Crippen molar-refractivity contribution in [2.24, 2.45) is 7.05 Å². The first kappa shape index (κ1) is 13.4. The molecular formula is C12H13N3O3S. The molecule has 0 saturated carbocycles. The summed E-state index contributed by atoms with van der Waals surface area (Å²) in [6, 6.07) is 9.23. The number of thioether (sulfide) groups is 1. The Balaban J connectivity index is 1.79. The maximum Gasteiger partial charge on any atom is 0.290 e. The average molecular weight is 279 g/mol. The molecule has 0 aliphatic heterocycles. The van der Waals surface area contributed by atoms with Crippen LogP contribution in [0.5, 0.6) is 5.95 Å². The number of amides is 1. The van der Waals surface area contributed by atoms with Gasteiger partial charge in [0.15, 0.2) is 13.0 Å². The van der Waals surface area contributed by atoms with E-state index in [1.54, 1.807) is 7.05 Å². The highest BCUT2D eigenvalue weighted by Crippen LogP contribution is 2.21. The molecule has 2 aromatic rings. The monoisotopic (exact) mass is 279 g/mol. The molecule has 100 valence electrons. The van der Waals surface area contributed by atoms with Gasteiger partial charge in [0.1, 0.15) is 0 Å². The fourth-order valence-electron chi connectivity index (χ4n) is 1.44. The molecule has 0 saturated heterocycles. The van der Waals surface area contributed by atoms with E-state index in [9.17, 15) is 9.90 Å². The third kappa shape index (κ3) is 3.72. The number of anilines is 1. The van der Waals surface area contributed by atoms with Gasteiger partial charge in [-0.15, -0.1) is 0 Å². The van der Waals surface area contributed by atoms with Crippen molar-refractivity contribution in [3.63, 3.8) is 0 Å². The van der Waals surface area contributed by atoms with Crippen molar-refractivity contribution in [3.05, 3.63) is 30.3 Å². The second-order valence-electron chi connectivity index (χ2n) is 3.80. The van der Waals surface area contributed by atoms with Crippen molar-refractivity contribution in [3.8, 4) is 5.95 Å². The minimum atomic E-state index is -0.476. The number of carbonyl (C=O) groups excluding carboxylic acids is 1. The smallest absolute Gasteiger partial charge is 0.290 e. The van der Waals surface area contributed by atoms with Crippen LogP contribution in [0, 0.1) is 0 Å². The standard InChI is InChI=1S/C12H13N3O3S/c1-15-11(12(17)18-14-15)19-8-7-10(16)13-9-5-3-2-4-6-9/h2-6H,7-8H2,1H3,(H-,13,14,16,17). The van der Waals surface area contributed by atoms with Gasteiger partial charge in [0.2, 0.25) is 5.91 Å². The summed E-state index contributed by atoms with van der Waals surface area (Å²) < 4.78 is 5.85. The Kier molecular flexibility index (Phi) is 4.40. The molecule has 0 fully saturated rings. The number of aryl methyl sites for hydroxylation is 1. The minimum Gasteiger partial charge on any atom is -0.538 e. The first-order valence-corrected chi connectivity index (χ1v) is 6.66. The van der Waals surface area contributed by atoms with E-state index in [4.69, 9.17) is 0 Å². The van der Waals surface area contributed by atoms with E-state index < -0.39 is 5.95 Å². The average Bonchev–Trinajstić information content (AvgIpc) is 2.71. The van der Waals surface area contributed by atoms with Crippen LogP contribution in [0.15, 0.2) is 39.9 Å². The molecule has 0 spiro atoms. The van der Waals surface area contributed by atoms with Gasteiger partial charge in [-0.3, -0.25) is 4.79 Å². The summed E-state index contributed by atoms with van der Waals surface area (Å²) in [5, 5.41) is 17.9. The lowest BCUT2D eigenvalue weighted by Gasteiger charge is -2.03. The number of hydrogen-bond donors (Lipinski definition) is 1. The molecule has 0 aliphatic carbocycles. The molecule has 1 amide bonds. The van der Waals surface area contributed by atoms with Crippen molar-refractivity contribution < 1.29 is 19.1 Å². The van der Waals surface area contributed by atoms with Crippen molar-refractivity contribution >= 4 is 23.4 Å². The van der Waals surface area contributed by atoms with Gasteiger partial charge >= 0.3 is 0 Å². The van der Waals surface area contributed by atoms with E-state index in [-0.39, 0.29) is 5.91 Å². The Bertz CT molecular complexity index is 537. The normalized spacial score (nSPS) is 10.4. The van der Waals surface area contributed by atoms with Crippen molar-refractivity contribution in [2.75, 3.05) is 11.1 Å². The Morgan fingerprint density at radius 1 is 1.47 bits per heavy atom. The number of nitrogens with zero attached hydrogens (tertiary/aromatic N) is 2. The van der Waals surface area contributed by atoms with Crippen LogP contribution in [-0.2, 0) is 11.8 Å². The van der Waals surface area contributed by atoms with E-state index in [1.165, 1.54) is 16.4 Å². The highest BCUT2D eigenvalue weighted by Gasteiger charge is 2.14. The Morgan fingerprint density at radius 2 is 2.21 bits per heavy atom. The maximum absolute atomic E-state index is 11.7. The molecule has 19 heavy (non-hydrogen) atoms. The first-order chi connectivity index (χ1) is 9.16. The van der Waals surface area contributed by atoms with E-state index >= 15 is 0 Å². The van der Waals surface area contributed by atoms with E-state index in [2.05, 4.69) is 15.1 Å². The third-order valence-electron chi connectivity index (χ3n) is 2.34. The van der Waals surface area contributed by atoms with E-state index in [0.29, 0.717) is 17.2 Å². The van der Waals surface area contributed by atoms with Crippen molar-refractivity contribution in [2.45, 2.75) is 11.4 Å². The number of aromatic nitrogens is 2. The quantitative estimate of drug-likeness (QED) is 0.643. The fraction of sp³-hybridized carbons (Fsp3) is 0.250. The largest absolute Gasteiger partial charge is 0.538 e. The second-order valence-corrected chi connectivity index (χ2v) is 4.89. The number of rotatable bonds is 5. The van der Waals surface area contributed by atoms with Crippen LogP contribution < -0.4 is 15.1 Å². The Labute approximate surface area is 114 Å². The number of hydrogen-bond acceptors (Lipinski definition) is 5. The van der Waals surface area contributed by atoms with E-state index in [1.807, 2.05) is 30.3 Å². The molecule has 1 aromatic carbocycles. The van der Waals surface area contributed by atoms with Crippen LogP contribution in [0.4, 0.5) is 5.69 Å². The molecule has 7 heteroatoms. The van der Waals surface area contributed by atoms with Gasteiger partial charge in [-0.25, -0.2) is 0 Å². The molecule has 0 radical (unpaired) electrons. The Morgan fingerprint density at radius 3 is 2.84 bits per heavy atom. The van der Waals surface area contributed by atoms with Crippen LogP contribution >= 0.6 is 11.8 Å². The van der Waals surface area contributed by atoms with Crippen molar-refractivity contribution in [1.82, 2.24) is 5.27 Å². The topological polar surface area (TPSA) is 82.1 Å². The van der Waals surface area contributed by atoms with Gasteiger partial charge in [0.25, 0.3) is 5.03 Å². The van der Waals surface area contributed by atoms with Gasteiger partial charge in [0.05, 0.1) is 5.27 Å².